The van der Waals surface area contributed by atoms with Crippen LogP contribution >= 0.6 is 0 Å². The number of piperidine rings is 1. The van der Waals surface area contributed by atoms with Crippen molar-refractivity contribution in [1.82, 2.24) is 14.8 Å². The van der Waals surface area contributed by atoms with Crippen molar-refractivity contribution in [2.24, 2.45) is 0 Å². The maximum Gasteiger partial charge on any atom is 0.410 e. The zero-order valence-electron chi connectivity index (χ0n) is 19.9. The number of carbonyl (C=O) groups excluding carboxylic acids is 1. The monoisotopic (exact) mass is 465 g/mol. The number of hydrogen-bond donors (Lipinski definition) is 1. The maximum absolute atomic E-state index is 12.3. The van der Waals surface area contributed by atoms with E-state index < -0.39 is 5.97 Å². The van der Waals surface area contributed by atoms with Gasteiger partial charge in [0.2, 0.25) is 5.88 Å². The number of benzene rings is 1. The third kappa shape index (κ3) is 5.22. The average molecular weight is 466 g/mol. The molecule has 1 unspecified atom stereocenters. The zero-order valence-corrected chi connectivity index (χ0v) is 19.9. The van der Waals surface area contributed by atoms with Gasteiger partial charge in [-0.1, -0.05) is 17.7 Å². The fourth-order valence-corrected chi connectivity index (χ4v) is 4.55. The van der Waals surface area contributed by atoms with E-state index in [-0.39, 0.29) is 23.7 Å². The van der Waals surface area contributed by atoms with Crippen LogP contribution in [0.3, 0.4) is 0 Å². The molecular formula is C26H31N3O5. The molecule has 2 fully saturated rings. The number of cyclic esters (lactones) is 1. The van der Waals surface area contributed by atoms with Gasteiger partial charge in [-0.25, -0.2) is 14.6 Å². The third-order valence-electron chi connectivity index (χ3n) is 6.73. The first-order chi connectivity index (χ1) is 16.4. The van der Waals surface area contributed by atoms with Crippen LogP contribution in [0, 0.1) is 6.92 Å². The minimum Gasteiger partial charge on any atom is -0.478 e. The summed E-state index contributed by atoms with van der Waals surface area (Å²) in [5.74, 6) is 0.0431. The highest BCUT2D eigenvalue weighted by molar-refractivity contribution is 5.87. The molecule has 0 aliphatic carbocycles. The summed E-state index contributed by atoms with van der Waals surface area (Å²) in [6.07, 6.45) is 3.70. The summed E-state index contributed by atoms with van der Waals surface area (Å²) in [6, 6.07) is 10.4. The zero-order chi connectivity index (χ0) is 24.2. The lowest BCUT2D eigenvalue weighted by Crippen LogP contribution is -2.48. The van der Waals surface area contributed by atoms with E-state index in [9.17, 15) is 9.59 Å². The van der Waals surface area contributed by atoms with Gasteiger partial charge in [0, 0.05) is 37.4 Å². The minimum absolute atomic E-state index is 0.0494. The molecule has 0 saturated carbocycles. The summed E-state index contributed by atoms with van der Waals surface area (Å²) < 4.78 is 11.1. The smallest absolute Gasteiger partial charge is 0.410 e. The molecular weight excluding hydrogens is 434 g/mol. The normalized spacial score (nSPS) is 19.9. The Hall–Kier alpha value is -3.39. The second kappa shape index (κ2) is 10.3. The highest BCUT2D eigenvalue weighted by Crippen LogP contribution is 2.28. The lowest BCUT2D eigenvalue weighted by molar-refractivity contribution is 0.0696. The standard InChI is InChI=1S/C26H31N3O5/c1-4-17(2)23-16-33-26(32)29(23)21-11-13-28(14-12-21)15-20-7-10-24(27-18(20)3)34-22-8-5-19(6-9-22)25(30)31/h4-10,21,23H,11-16H2,1-3H3,(H,30,31)/b17-4+. The molecule has 2 aliphatic heterocycles. The molecule has 2 aromatic rings. The molecule has 2 saturated heterocycles. The Balaban J connectivity index is 1.33. The summed E-state index contributed by atoms with van der Waals surface area (Å²) in [5, 5.41) is 9.01. The van der Waals surface area contributed by atoms with Crippen molar-refractivity contribution < 1.29 is 24.2 Å². The van der Waals surface area contributed by atoms with Crippen molar-refractivity contribution in [3.63, 3.8) is 0 Å². The number of aromatic carboxylic acids is 1. The number of aryl methyl sites for hydroxylation is 1. The molecule has 0 bridgehead atoms. The quantitative estimate of drug-likeness (QED) is 0.596. The van der Waals surface area contributed by atoms with E-state index in [2.05, 4.69) is 22.9 Å². The van der Waals surface area contributed by atoms with Gasteiger partial charge in [-0.3, -0.25) is 9.80 Å². The van der Waals surface area contributed by atoms with Crippen molar-refractivity contribution in [3.8, 4) is 11.6 Å². The van der Waals surface area contributed by atoms with E-state index >= 15 is 0 Å². The first-order valence-corrected chi connectivity index (χ1v) is 11.6. The van der Waals surface area contributed by atoms with Crippen LogP contribution in [-0.2, 0) is 11.3 Å². The first kappa shape index (κ1) is 23.8. The number of ether oxygens (including phenoxy) is 2. The highest BCUT2D eigenvalue weighted by Gasteiger charge is 2.39. The molecule has 34 heavy (non-hydrogen) atoms. The molecule has 1 N–H and O–H groups in total. The van der Waals surface area contributed by atoms with Gasteiger partial charge in [-0.05, 0) is 63.4 Å². The molecule has 0 radical (unpaired) electrons. The van der Waals surface area contributed by atoms with Crippen molar-refractivity contribution >= 4 is 12.1 Å². The molecule has 2 aliphatic rings. The van der Waals surface area contributed by atoms with Crippen molar-refractivity contribution in [3.05, 3.63) is 64.9 Å². The van der Waals surface area contributed by atoms with E-state index in [0.29, 0.717) is 18.2 Å². The van der Waals surface area contributed by atoms with E-state index in [1.165, 1.54) is 17.7 Å². The van der Waals surface area contributed by atoms with Crippen LogP contribution in [0.4, 0.5) is 4.79 Å². The van der Waals surface area contributed by atoms with Crippen molar-refractivity contribution in [2.75, 3.05) is 19.7 Å². The van der Waals surface area contributed by atoms with E-state index in [1.807, 2.05) is 30.9 Å². The first-order valence-electron chi connectivity index (χ1n) is 11.6. The Morgan fingerprint density at radius 1 is 1.21 bits per heavy atom. The second-order valence-electron chi connectivity index (χ2n) is 8.87. The fourth-order valence-electron chi connectivity index (χ4n) is 4.55. The van der Waals surface area contributed by atoms with E-state index in [4.69, 9.17) is 14.6 Å². The predicted octanol–water partition coefficient (Wildman–Crippen LogP) is 4.63. The number of carboxylic acid groups (broad SMARTS) is 1. The number of likely N-dealkylation sites (tertiary alicyclic amines) is 1. The van der Waals surface area contributed by atoms with Gasteiger partial charge in [-0.2, -0.15) is 0 Å². The SMILES string of the molecule is C/C=C(\C)C1COC(=O)N1C1CCN(Cc2ccc(Oc3ccc(C(=O)O)cc3)nc2C)CC1. The Labute approximate surface area is 199 Å². The molecule has 8 nitrogen and oxygen atoms in total. The summed E-state index contributed by atoms with van der Waals surface area (Å²) >= 11 is 0. The number of nitrogens with zero attached hydrogens (tertiary/aromatic N) is 3. The fraction of sp³-hybridized carbons (Fsp3) is 0.423. The average Bonchev–Trinajstić information content (AvgIpc) is 3.22. The second-order valence-corrected chi connectivity index (χ2v) is 8.87. The minimum atomic E-state index is -0.970. The molecule has 8 heteroatoms. The third-order valence-corrected chi connectivity index (χ3v) is 6.73. The Kier molecular flexibility index (Phi) is 7.17. The van der Waals surface area contributed by atoms with Gasteiger partial charge >= 0.3 is 12.1 Å². The van der Waals surface area contributed by atoms with E-state index in [0.717, 1.165) is 43.7 Å². The van der Waals surface area contributed by atoms with Crippen molar-refractivity contribution in [2.45, 2.75) is 52.2 Å². The summed E-state index contributed by atoms with van der Waals surface area (Å²) in [7, 11) is 0. The topological polar surface area (TPSA) is 92.2 Å². The molecule has 4 rings (SSSR count). The van der Waals surface area contributed by atoms with Gasteiger partial charge in [0.25, 0.3) is 0 Å². The highest BCUT2D eigenvalue weighted by atomic mass is 16.6. The Morgan fingerprint density at radius 2 is 1.91 bits per heavy atom. The lowest BCUT2D eigenvalue weighted by atomic mass is 9.99. The predicted molar refractivity (Wildman–Crippen MR) is 127 cm³/mol. The number of aromatic nitrogens is 1. The number of amides is 1. The van der Waals surface area contributed by atoms with Gasteiger partial charge < -0.3 is 14.6 Å². The Bertz CT molecular complexity index is 1070. The summed E-state index contributed by atoms with van der Waals surface area (Å²) in [5.41, 5.74) is 3.42. The number of allylic oxidation sites excluding steroid dienone is 1. The molecule has 1 amide bonds. The maximum atomic E-state index is 12.3. The molecule has 1 atom stereocenters. The molecule has 3 heterocycles. The van der Waals surface area contributed by atoms with Crippen molar-refractivity contribution in [1.29, 1.82) is 0 Å². The molecule has 1 aromatic heterocycles. The van der Waals surface area contributed by atoms with Gasteiger partial charge in [0.1, 0.15) is 12.4 Å². The molecule has 0 spiro atoms. The van der Waals surface area contributed by atoms with Crippen LogP contribution in [0.15, 0.2) is 48.0 Å². The number of carbonyl (C=O) groups is 2. The van der Waals surface area contributed by atoms with Gasteiger partial charge in [0.05, 0.1) is 11.6 Å². The van der Waals surface area contributed by atoms with Crippen LogP contribution in [-0.4, -0.2) is 63.7 Å². The molecule has 1 aromatic carbocycles. The summed E-state index contributed by atoms with van der Waals surface area (Å²) in [4.78, 5) is 32.2. The molecule has 180 valence electrons. The lowest BCUT2D eigenvalue weighted by Gasteiger charge is -2.38. The van der Waals surface area contributed by atoms with Crippen LogP contribution in [0.5, 0.6) is 11.6 Å². The Morgan fingerprint density at radius 3 is 2.53 bits per heavy atom. The number of carboxylic acids is 1. The van der Waals surface area contributed by atoms with Crippen LogP contribution in [0.2, 0.25) is 0 Å². The number of rotatable bonds is 7. The number of hydrogen-bond acceptors (Lipinski definition) is 6. The van der Waals surface area contributed by atoms with Crippen LogP contribution in [0.1, 0.15) is 48.3 Å². The summed E-state index contributed by atoms with van der Waals surface area (Å²) in [6.45, 7) is 9.07. The largest absolute Gasteiger partial charge is 0.478 e. The number of pyridine rings is 1. The van der Waals surface area contributed by atoms with Gasteiger partial charge in [0.15, 0.2) is 0 Å². The van der Waals surface area contributed by atoms with Crippen LogP contribution < -0.4 is 4.74 Å². The van der Waals surface area contributed by atoms with Crippen LogP contribution in [0.25, 0.3) is 0 Å². The van der Waals surface area contributed by atoms with Gasteiger partial charge in [-0.15, -0.1) is 0 Å². The van der Waals surface area contributed by atoms with E-state index in [1.54, 1.807) is 12.1 Å².